The first kappa shape index (κ1) is 15.3. The number of aromatic nitrogens is 1. The predicted molar refractivity (Wildman–Crippen MR) is 81.6 cm³/mol. The minimum Gasteiger partial charge on any atom is -0.383 e. The molecule has 0 aromatic carbocycles. The SMILES string of the molecule is Cc1cc(NC(=O)C(=O)N2C[C@H](C)CC[C@@H]2C)cnc1N. The molecular weight excluding hydrogens is 268 g/mol. The molecule has 3 N–H and O–H groups in total. The van der Waals surface area contributed by atoms with Gasteiger partial charge < -0.3 is 16.0 Å². The van der Waals surface area contributed by atoms with E-state index in [9.17, 15) is 9.59 Å². The molecule has 1 aromatic heterocycles. The van der Waals surface area contributed by atoms with Crippen LogP contribution >= 0.6 is 0 Å². The molecule has 0 radical (unpaired) electrons. The lowest BCUT2D eigenvalue weighted by Gasteiger charge is -2.36. The number of amides is 2. The average molecular weight is 290 g/mol. The minimum atomic E-state index is -0.623. The zero-order valence-electron chi connectivity index (χ0n) is 12.7. The highest BCUT2D eigenvalue weighted by Crippen LogP contribution is 2.21. The van der Waals surface area contributed by atoms with Crippen molar-refractivity contribution in [3.63, 3.8) is 0 Å². The average Bonchev–Trinajstić information content (AvgIpc) is 2.44. The molecule has 0 spiro atoms. The summed E-state index contributed by atoms with van der Waals surface area (Å²) in [4.78, 5) is 30.0. The Balaban J connectivity index is 2.05. The number of rotatable bonds is 1. The number of carbonyl (C=O) groups excluding carboxylic acids is 2. The summed E-state index contributed by atoms with van der Waals surface area (Å²) in [6, 6.07) is 1.81. The van der Waals surface area contributed by atoms with Gasteiger partial charge >= 0.3 is 11.8 Å². The molecule has 1 aromatic rings. The van der Waals surface area contributed by atoms with Crippen molar-refractivity contribution in [3.05, 3.63) is 17.8 Å². The predicted octanol–water partition coefficient (Wildman–Crippen LogP) is 1.56. The summed E-state index contributed by atoms with van der Waals surface area (Å²) in [5.41, 5.74) is 6.88. The summed E-state index contributed by atoms with van der Waals surface area (Å²) in [6.45, 7) is 6.50. The zero-order chi connectivity index (χ0) is 15.6. The third-order valence-electron chi connectivity index (χ3n) is 3.95. The van der Waals surface area contributed by atoms with E-state index in [2.05, 4.69) is 17.2 Å². The molecule has 0 aliphatic carbocycles. The maximum Gasteiger partial charge on any atom is 0.313 e. The molecule has 2 amide bonds. The number of nitrogens with zero attached hydrogens (tertiary/aromatic N) is 2. The van der Waals surface area contributed by atoms with Crippen molar-refractivity contribution in [1.29, 1.82) is 0 Å². The van der Waals surface area contributed by atoms with Crippen LogP contribution < -0.4 is 11.1 Å². The van der Waals surface area contributed by atoms with Gasteiger partial charge in [0.2, 0.25) is 0 Å². The monoisotopic (exact) mass is 290 g/mol. The fraction of sp³-hybridized carbons (Fsp3) is 0.533. The lowest BCUT2D eigenvalue weighted by atomic mass is 9.95. The second kappa shape index (κ2) is 6.11. The number of hydrogen-bond acceptors (Lipinski definition) is 4. The van der Waals surface area contributed by atoms with Crippen LogP contribution in [0.1, 0.15) is 32.3 Å². The fourth-order valence-corrected chi connectivity index (χ4v) is 2.54. The number of piperidine rings is 1. The van der Waals surface area contributed by atoms with Gasteiger partial charge in [-0.3, -0.25) is 9.59 Å². The molecule has 0 saturated carbocycles. The number of carbonyl (C=O) groups is 2. The molecule has 1 fully saturated rings. The van der Waals surface area contributed by atoms with E-state index in [0.29, 0.717) is 24.0 Å². The maximum atomic E-state index is 12.3. The molecule has 6 heteroatoms. The topological polar surface area (TPSA) is 88.3 Å². The third-order valence-corrected chi connectivity index (χ3v) is 3.95. The van der Waals surface area contributed by atoms with Gasteiger partial charge in [0.05, 0.1) is 11.9 Å². The summed E-state index contributed by atoms with van der Waals surface area (Å²) in [5, 5.41) is 2.59. The van der Waals surface area contributed by atoms with Crippen LogP contribution in [0.25, 0.3) is 0 Å². The number of anilines is 2. The molecule has 1 aliphatic heterocycles. The molecule has 1 aliphatic rings. The summed E-state index contributed by atoms with van der Waals surface area (Å²) in [6.07, 6.45) is 3.48. The number of hydrogen-bond donors (Lipinski definition) is 2. The van der Waals surface area contributed by atoms with Crippen molar-refractivity contribution in [3.8, 4) is 0 Å². The van der Waals surface area contributed by atoms with E-state index in [1.54, 1.807) is 17.9 Å². The molecule has 2 atom stereocenters. The van der Waals surface area contributed by atoms with E-state index in [4.69, 9.17) is 5.73 Å². The van der Waals surface area contributed by atoms with E-state index < -0.39 is 11.8 Å². The fourth-order valence-electron chi connectivity index (χ4n) is 2.54. The van der Waals surface area contributed by atoms with E-state index in [0.717, 1.165) is 18.4 Å². The molecule has 0 unspecified atom stereocenters. The normalized spacial score (nSPS) is 22.0. The molecule has 114 valence electrons. The second-order valence-electron chi connectivity index (χ2n) is 5.87. The van der Waals surface area contributed by atoms with Crippen LogP contribution in [0.3, 0.4) is 0 Å². The van der Waals surface area contributed by atoms with Gasteiger partial charge in [-0.05, 0) is 44.2 Å². The first-order valence-corrected chi connectivity index (χ1v) is 7.22. The van der Waals surface area contributed by atoms with E-state index in [1.807, 2.05) is 6.92 Å². The summed E-state index contributed by atoms with van der Waals surface area (Å²) >= 11 is 0. The molecule has 6 nitrogen and oxygen atoms in total. The van der Waals surface area contributed by atoms with Crippen molar-refractivity contribution in [1.82, 2.24) is 9.88 Å². The smallest absolute Gasteiger partial charge is 0.313 e. The quantitative estimate of drug-likeness (QED) is 0.768. The Hall–Kier alpha value is -2.11. The zero-order valence-corrected chi connectivity index (χ0v) is 12.7. The van der Waals surface area contributed by atoms with Gasteiger partial charge in [-0.15, -0.1) is 0 Å². The Bertz CT molecular complexity index is 559. The van der Waals surface area contributed by atoms with Crippen LogP contribution in [0.15, 0.2) is 12.3 Å². The molecule has 2 heterocycles. The number of nitrogens with one attached hydrogen (secondary N) is 1. The second-order valence-corrected chi connectivity index (χ2v) is 5.87. The van der Waals surface area contributed by atoms with E-state index in [1.165, 1.54) is 6.20 Å². The van der Waals surface area contributed by atoms with Crippen molar-refractivity contribution >= 4 is 23.3 Å². The summed E-state index contributed by atoms with van der Waals surface area (Å²) < 4.78 is 0. The molecule has 21 heavy (non-hydrogen) atoms. The summed E-state index contributed by atoms with van der Waals surface area (Å²) in [7, 11) is 0. The number of aryl methyl sites for hydroxylation is 1. The van der Waals surface area contributed by atoms with Crippen molar-refractivity contribution in [2.24, 2.45) is 5.92 Å². The molecule has 0 bridgehead atoms. The van der Waals surface area contributed by atoms with Gasteiger partial charge in [0.1, 0.15) is 5.82 Å². The standard InChI is InChI=1S/C15H22N4O2/c1-9-4-5-11(3)19(8-9)15(21)14(20)18-12-6-10(2)13(16)17-7-12/h6-7,9,11H,4-5,8H2,1-3H3,(H2,16,17)(H,18,20)/t9-,11+/m1/s1. The van der Waals surface area contributed by atoms with Crippen molar-refractivity contribution < 1.29 is 9.59 Å². The Morgan fingerprint density at radius 3 is 2.76 bits per heavy atom. The molecular formula is C15H22N4O2. The number of pyridine rings is 1. The number of likely N-dealkylation sites (tertiary alicyclic amines) is 1. The first-order chi connectivity index (χ1) is 9.88. The van der Waals surface area contributed by atoms with Gasteiger partial charge in [-0.2, -0.15) is 0 Å². The van der Waals surface area contributed by atoms with Gasteiger partial charge in [0.15, 0.2) is 0 Å². The minimum absolute atomic E-state index is 0.103. The maximum absolute atomic E-state index is 12.3. The van der Waals surface area contributed by atoms with Gasteiger partial charge in [0.25, 0.3) is 0 Å². The largest absolute Gasteiger partial charge is 0.383 e. The number of nitrogens with two attached hydrogens (primary N) is 1. The Kier molecular flexibility index (Phi) is 4.45. The lowest BCUT2D eigenvalue weighted by Crippen LogP contribution is -2.49. The molecule has 2 rings (SSSR count). The van der Waals surface area contributed by atoms with Crippen LogP contribution in [0.4, 0.5) is 11.5 Å². The van der Waals surface area contributed by atoms with Gasteiger partial charge in [0, 0.05) is 12.6 Å². The lowest BCUT2D eigenvalue weighted by molar-refractivity contribution is -0.146. The van der Waals surface area contributed by atoms with Crippen LogP contribution in [0.2, 0.25) is 0 Å². The van der Waals surface area contributed by atoms with Crippen LogP contribution in [0, 0.1) is 12.8 Å². The number of nitrogen functional groups attached to an aromatic ring is 1. The van der Waals surface area contributed by atoms with Gasteiger partial charge in [-0.25, -0.2) is 4.98 Å². The van der Waals surface area contributed by atoms with Crippen molar-refractivity contribution in [2.75, 3.05) is 17.6 Å². The van der Waals surface area contributed by atoms with E-state index in [-0.39, 0.29) is 6.04 Å². The van der Waals surface area contributed by atoms with E-state index >= 15 is 0 Å². The summed E-state index contributed by atoms with van der Waals surface area (Å²) in [5.74, 6) is -0.262. The molecule has 1 saturated heterocycles. The Labute approximate surface area is 124 Å². The third kappa shape index (κ3) is 3.51. The highest BCUT2D eigenvalue weighted by molar-refractivity contribution is 6.39. The van der Waals surface area contributed by atoms with Crippen LogP contribution in [-0.2, 0) is 9.59 Å². The van der Waals surface area contributed by atoms with Crippen LogP contribution in [-0.4, -0.2) is 34.3 Å². The van der Waals surface area contributed by atoms with Crippen molar-refractivity contribution in [2.45, 2.75) is 39.7 Å². The highest BCUT2D eigenvalue weighted by atomic mass is 16.2. The van der Waals surface area contributed by atoms with Crippen LogP contribution in [0.5, 0.6) is 0 Å². The first-order valence-electron chi connectivity index (χ1n) is 7.22. The Morgan fingerprint density at radius 2 is 2.10 bits per heavy atom. The Morgan fingerprint density at radius 1 is 1.38 bits per heavy atom. The van der Waals surface area contributed by atoms with Gasteiger partial charge in [-0.1, -0.05) is 6.92 Å². The highest BCUT2D eigenvalue weighted by Gasteiger charge is 2.30.